The zero-order valence-corrected chi connectivity index (χ0v) is 31.1. The van der Waals surface area contributed by atoms with Crippen LogP contribution in [0.5, 0.6) is 0 Å². The van der Waals surface area contributed by atoms with Crippen molar-refractivity contribution in [3.05, 3.63) is 24.0 Å². The lowest BCUT2D eigenvalue weighted by molar-refractivity contribution is -0.171. The molecule has 0 spiro atoms. The molecule has 0 bridgehead atoms. The van der Waals surface area contributed by atoms with Gasteiger partial charge in [0, 0.05) is 30.3 Å². The van der Waals surface area contributed by atoms with Crippen LogP contribution in [0, 0.1) is 41.4 Å². The van der Waals surface area contributed by atoms with Crippen molar-refractivity contribution in [1.82, 2.24) is 0 Å². The maximum Gasteiger partial charge on any atom is 0.306 e. The van der Waals surface area contributed by atoms with E-state index < -0.39 is 29.4 Å². The summed E-state index contributed by atoms with van der Waals surface area (Å²) in [6, 6.07) is 0. The third-order valence-corrected chi connectivity index (χ3v) is 11.1. The average molecular weight is 665 g/mol. The first-order valence-corrected chi connectivity index (χ1v) is 18.3. The number of ether oxygens (including phenoxy) is 2. The third kappa shape index (κ3) is 12.9. The van der Waals surface area contributed by atoms with Crippen LogP contribution < -0.4 is 0 Å². The Morgan fingerprint density at radius 1 is 0.787 bits per heavy atom. The van der Waals surface area contributed by atoms with Crippen LogP contribution in [0.1, 0.15) is 133 Å². The summed E-state index contributed by atoms with van der Waals surface area (Å²) >= 11 is 0. The lowest BCUT2D eigenvalue weighted by atomic mass is 9.84. The number of aliphatic hydroxyl groups is 3. The summed E-state index contributed by atoms with van der Waals surface area (Å²) in [6.07, 6.45) is 12.2. The van der Waals surface area contributed by atoms with Gasteiger partial charge in [-0.05, 0) is 96.3 Å². The van der Waals surface area contributed by atoms with E-state index in [0.29, 0.717) is 25.2 Å². The summed E-state index contributed by atoms with van der Waals surface area (Å²) in [6.45, 7) is 19.8. The molecule has 0 aliphatic carbocycles. The van der Waals surface area contributed by atoms with E-state index in [-0.39, 0.29) is 59.3 Å². The fourth-order valence-electron chi connectivity index (χ4n) is 7.64. The summed E-state index contributed by atoms with van der Waals surface area (Å²) in [5.41, 5.74) is -0.927. The molecule has 2 heterocycles. The largest absolute Gasteiger partial charge is 0.512 e. The fourth-order valence-corrected chi connectivity index (χ4v) is 7.64. The monoisotopic (exact) mass is 664 g/mol. The van der Waals surface area contributed by atoms with Gasteiger partial charge in [0.1, 0.15) is 0 Å². The molecule has 47 heavy (non-hydrogen) atoms. The summed E-state index contributed by atoms with van der Waals surface area (Å²) < 4.78 is 12.8. The Morgan fingerprint density at radius 3 is 1.96 bits per heavy atom. The highest BCUT2D eigenvalue weighted by Gasteiger charge is 2.51. The van der Waals surface area contributed by atoms with Gasteiger partial charge in [-0.15, -0.1) is 0 Å². The number of carbonyl (C=O) groups excluding carboxylic acids is 1. The van der Waals surface area contributed by atoms with E-state index in [1.54, 1.807) is 13.8 Å². The number of carboxylic acid groups (broad SMARTS) is 1. The highest BCUT2D eigenvalue weighted by molar-refractivity contribution is 5.91. The van der Waals surface area contributed by atoms with E-state index in [1.807, 2.05) is 27.7 Å². The minimum Gasteiger partial charge on any atom is -0.512 e. The second-order valence-electron chi connectivity index (χ2n) is 16.3. The van der Waals surface area contributed by atoms with Gasteiger partial charge in [0.2, 0.25) is 0 Å². The first-order valence-electron chi connectivity index (χ1n) is 18.3. The van der Waals surface area contributed by atoms with Gasteiger partial charge in [-0.25, -0.2) is 0 Å². The molecule has 13 unspecified atom stereocenters. The van der Waals surface area contributed by atoms with Crippen molar-refractivity contribution in [3.63, 3.8) is 0 Å². The van der Waals surface area contributed by atoms with Crippen molar-refractivity contribution >= 4 is 11.8 Å². The number of ketones is 1. The minimum absolute atomic E-state index is 0.0188. The molecule has 2 saturated heterocycles. The first kappa shape index (κ1) is 41.4. The zero-order chi connectivity index (χ0) is 35.7. The predicted molar refractivity (Wildman–Crippen MR) is 187 cm³/mol. The molecule has 13 atom stereocenters. The van der Waals surface area contributed by atoms with E-state index in [0.717, 1.165) is 44.9 Å². The van der Waals surface area contributed by atoms with E-state index in [2.05, 4.69) is 39.8 Å². The Bertz CT molecular complexity index is 1050. The molecule has 0 aromatic rings. The summed E-state index contributed by atoms with van der Waals surface area (Å²) in [5, 5.41) is 40.9. The minimum atomic E-state index is -0.770. The van der Waals surface area contributed by atoms with Crippen LogP contribution in [0.2, 0.25) is 0 Å². The number of aliphatic carboxylic acids is 1. The van der Waals surface area contributed by atoms with Crippen LogP contribution in [0.15, 0.2) is 24.0 Å². The normalized spacial score (nSPS) is 31.2. The SMILES string of the molecule is CC(CC(C)CC(C)C(=O)C=C(O)C(C)CC(C)CC=CC(C)C(O)CC1CCC(C)(C2CCC(C)(C(C)O)O2)O1)CC(C)C(=O)O. The summed E-state index contributed by atoms with van der Waals surface area (Å²) in [7, 11) is 0. The predicted octanol–water partition coefficient (Wildman–Crippen LogP) is 8.05. The van der Waals surface area contributed by atoms with E-state index in [9.17, 15) is 24.9 Å². The highest BCUT2D eigenvalue weighted by atomic mass is 16.6. The lowest BCUT2D eigenvalue weighted by Gasteiger charge is -2.35. The van der Waals surface area contributed by atoms with Gasteiger partial charge in [0.25, 0.3) is 0 Å². The molecule has 2 fully saturated rings. The lowest BCUT2D eigenvalue weighted by Crippen LogP contribution is -2.44. The molecule has 0 aromatic carbocycles. The Balaban J connectivity index is 1.75. The maximum atomic E-state index is 12.8. The zero-order valence-electron chi connectivity index (χ0n) is 31.1. The number of rotatable bonds is 20. The molecular weight excluding hydrogens is 596 g/mol. The second-order valence-corrected chi connectivity index (χ2v) is 16.3. The number of aliphatic hydroxyl groups excluding tert-OH is 3. The Morgan fingerprint density at radius 2 is 1.38 bits per heavy atom. The number of carboxylic acids is 1. The molecule has 8 nitrogen and oxygen atoms in total. The molecule has 0 saturated carbocycles. The van der Waals surface area contributed by atoms with Gasteiger partial charge in [0.15, 0.2) is 5.78 Å². The molecule has 0 radical (unpaired) electrons. The van der Waals surface area contributed by atoms with Crippen molar-refractivity contribution in [2.24, 2.45) is 41.4 Å². The molecule has 2 aliphatic rings. The standard InChI is InChI=1S/C39H68O8/c1-24(19-28(5)34(42)23-35(43)29(6)20-25(2)18-26(3)21-30(7)37(44)45)12-11-13-27(4)33(41)22-32-14-16-39(10,46-32)36-15-17-38(9,47-36)31(8)40/h11,13,23-33,36,40-42H,12,14-22H2,1-10H3,(H,44,45). The van der Waals surface area contributed by atoms with Crippen molar-refractivity contribution in [2.75, 3.05) is 0 Å². The Hall–Kier alpha value is -1.74. The van der Waals surface area contributed by atoms with Gasteiger partial charge < -0.3 is 29.9 Å². The number of hydrogen-bond acceptors (Lipinski definition) is 7. The molecule has 0 aromatic heterocycles. The van der Waals surface area contributed by atoms with Crippen LogP contribution in [0.4, 0.5) is 0 Å². The fraction of sp³-hybridized carbons (Fsp3) is 0.846. The van der Waals surface area contributed by atoms with Crippen LogP contribution in [-0.2, 0) is 19.1 Å². The Labute approximate surface area is 285 Å². The van der Waals surface area contributed by atoms with Crippen molar-refractivity contribution in [3.8, 4) is 0 Å². The molecule has 4 N–H and O–H groups in total. The molecule has 8 heteroatoms. The van der Waals surface area contributed by atoms with Crippen molar-refractivity contribution in [1.29, 1.82) is 0 Å². The quantitative estimate of drug-likeness (QED) is 0.0584. The van der Waals surface area contributed by atoms with Gasteiger partial charge >= 0.3 is 5.97 Å². The second kappa shape index (κ2) is 18.3. The summed E-state index contributed by atoms with van der Waals surface area (Å²) in [5.74, 6) is -0.587. The van der Waals surface area contributed by atoms with E-state index in [4.69, 9.17) is 14.6 Å². The van der Waals surface area contributed by atoms with Crippen LogP contribution in [0.3, 0.4) is 0 Å². The van der Waals surface area contributed by atoms with Crippen LogP contribution >= 0.6 is 0 Å². The number of allylic oxidation sites excluding steroid dienone is 3. The van der Waals surface area contributed by atoms with Crippen molar-refractivity contribution in [2.45, 2.75) is 169 Å². The third-order valence-electron chi connectivity index (χ3n) is 11.1. The van der Waals surface area contributed by atoms with Gasteiger partial charge in [0.05, 0.1) is 47.3 Å². The topological polar surface area (TPSA) is 134 Å². The number of carbonyl (C=O) groups is 2. The smallest absolute Gasteiger partial charge is 0.306 e. The van der Waals surface area contributed by atoms with Gasteiger partial charge in [-0.2, -0.15) is 0 Å². The molecular formula is C39H68O8. The highest BCUT2D eigenvalue weighted by Crippen LogP contribution is 2.45. The molecule has 2 rings (SSSR count). The molecule has 272 valence electrons. The summed E-state index contributed by atoms with van der Waals surface area (Å²) in [4.78, 5) is 24.0. The van der Waals surface area contributed by atoms with Gasteiger partial charge in [-0.3, -0.25) is 9.59 Å². The number of hydrogen-bond donors (Lipinski definition) is 4. The van der Waals surface area contributed by atoms with E-state index >= 15 is 0 Å². The van der Waals surface area contributed by atoms with Crippen molar-refractivity contribution < 1.29 is 39.5 Å². The molecule has 0 amide bonds. The molecule has 2 aliphatic heterocycles. The maximum absolute atomic E-state index is 12.8. The van der Waals surface area contributed by atoms with E-state index in [1.165, 1.54) is 6.08 Å². The van der Waals surface area contributed by atoms with Crippen LogP contribution in [0.25, 0.3) is 0 Å². The first-order chi connectivity index (χ1) is 21.8. The van der Waals surface area contributed by atoms with Crippen LogP contribution in [-0.4, -0.2) is 67.8 Å². The average Bonchev–Trinajstić information content (AvgIpc) is 3.56. The van der Waals surface area contributed by atoms with Gasteiger partial charge in [-0.1, -0.05) is 60.6 Å². The Kier molecular flexibility index (Phi) is 16.1.